The van der Waals surface area contributed by atoms with Gasteiger partial charge in [-0.15, -0.1) is 0 Å². The zero-order chi connectivity index (χ0) is 110. The Morgan fingerprint density at radius 3 is 0.473 bits per heavy atom. The summed E-state index contributed by atoms with van der Waals surface area (Å²) in [5.74, 6) is -8.78. The van der Waals surface area contributed by atoms with Crippen molar-refractivity contribution >= 4 is 59.7 Å². The van der Waals surface area contributed by atoms with Crippen LogP contribution in [0.25, 0.3) is 0 Å². The van der Waals surface area contributed by atoms with Gasteiger partial charge in [-0.25, -0.2) is 0 Å². The minimum atomic E-state index is -1.94. The van der Waals surface area contributed by atoms with E-state index in [1.165, 1.54) is 27.7 Å². The lowest BCUT2D eigenvalue weighted by Gasteiger charge is -2.40. The molecule has 0 amide bonds. The number of aliphatic hydroxyl groups is 12. The highest BCUT2D eigenvalue weighted by Gasteiger charge is 2.54. The molecule has 0 aliphatic carbocycles. The van der Waals surface area contributed by atoms with E-state index >= 15 is 0 Å². The van der Waals surface area contributed by atoms with Crippen molar-refractivity contribution in [1.82, 2.24) is 0 Å². The molecule has 6 heterocycles. The first kappa shape index (κ1) is 123. The van der Waals surface area contributed by atoms with E-state index in [1.54, 1.807) is 41.5 Å². The Labute approximate surface area is 868 Å². The number of hydrogen-bond acceptors (Lipinski definition) is 43. The van der Waals surface area contributed by atoms with Crippen molar-refractivity contribution in [2.45, 2.75) is 107 Å². The van der Waals surface area contributed by atoms with Gasteiger partial charge in [-0.3, -0.25) is 47.9 Å². The normalized spacial score (nSPS) is 24.6. The SMILES string of the molecule is CC(CO)(CO)C(=O)OCC(COC(=O)C(C)(CO)CO)(COC(=O)C(C)(CO)CO)COC(=O)C(C)(CO)CO.CC1(C(=O)OC(=O)C2(C)COC(c3ccccc3)OC2)COC(c2ccccc2)OC1.CC1(C(=O)OCC(COC(=O)C2(C)COC(c3ccccc3)OC2)(COC(=O)C2(C)COC(c3ccccc3)OC2)COC(=O)C2(C)COC(c3ccccc3)OC2)COC(c2ccccc2)OC1.OCC(CO)(CO)CO. The third kappa shape index (κ3) is 32.2. The molecule has 6 aliphatic rings. The highest BCUT2D eigenvalue weighted by atomic mass is 16.7. The van der Waals surface area contributed by atoms with Gasteiger partial charge in [0.25, 0.3) is 0 Å². The summed E-state index contributed by atoms with van der Waals surface area (Å²) in [6.07, 6.45) is -3.90. The second-order valence-electron chi connectivity index (χ2n) is 41.5. The third-order valence-electron chi connectivity index (χ3n) is 26.4. The molecule has 0 atom stereocenters. The second-order valence-corrected chi connectivity index (χ2v) is 41.5. The molecule has 12 rings (SSSR count). The molecule has 150 heavy (non-hydrogen) atoms. The van der Waals surface area contributed by atoms with Crippen LogP contribution in [0.3, 0.4) is 0 Å². The Morgan fingerprint density at radius 2 is 0.347 bits per heavy atom. The van der Waals surface area contributed by atoms with Crippen LogP contribution in [0.15, 0.2) is 182 Å². The van der Waals surface area contributed by atoms with Crippen LogP contribution in [0, 0.1) is 70.4 Å². The maximum absolute atomic E-state index is 14.2. The van der Waals surface area contributed by atoms with Crippen molar-refractivity contribution in [3.63, 3.8) is 0 Å². The summed E-state index contributed by atoms with van der Waals surface area (Å²) in [6.45, 7) is 0.643. The number of esters is 10. The molecule has 6 aromatic carbocycles. The first-order chi connectivity index (χ1) is 71.3. The molecule has 0 radical (unpaired) electrons. The third-order valence-corrected chi connectivity index (χ3v) is 26.4. The smallest absolute Gasteiger partial charge is 0.324 e. The maximum Gasteiger partial charge on any atom is 0.324 e. The second kappa shape index (κ2) is 55.7. The Kier molecular flexibility index (Phi) is 45.6. The molecule has 6 aliphatic heterocycles. The van der Waals surface area contributed by atoms with Crippen LogP contribution in [0.5, 0.6) is 0 Å². The Balaban J connectivity index is 0.000000260. The van der Waals surface area contributed by atoms with Gasteiger partial charge in [0.05, 0.1) is 164 Å². The summed E-state index contributed by atoms with van der Waals surface area (Å²) in [7, 11) is 0. The average molecular weight is 2120 g/mol. The number of hydrogen-bond donors (Lipinski definition) is 12. The molecule has 12 N–H and O–H groups in total. The van der Waals surface area contributed by atoms with E-state index in [9.17, 15) is 88.8 Å². The van der Waals surface area contributed by atoms with Gasteiger partial charge in [-0.05, 0) is 69.2 Å². The highest BCUT2D eigenvalue weighted by Crippen LogP contribution is 2.43. The number of rotatable bonds is 44. The highest BCUT2D eigenvalue weighted by molar-refractivity contribution is 5.92. The van der Waals surface area contributed by atoms with Crippen molar-refractivity contribution in [3.05, 3.63) is 215 Å². The van der Waals surface area contributed by atoms with Crippen LogP contribution in [0.4, 0.5) is 0 Å². The van der Waals surface area contributed by atoms with Gasteiger partial charge in [0, 0.05) is 33.4 Å². The van der Waals surface area contributed by atoms with E-state index in [-0.39, 0.29) is 79.3 Å². The topological polar surface area (TPSA) is 607 Å². The summed E-state index contributed by atoms with van der Waals surface area (Å²) in [5.41, 5.74) is -14.3. The van der Waals surface area contributed by atoms with E-state index in [0.29, 0.717) is 0 Å². The molecule has 0 unspecified atom stereocenters. The van der Waals surface area contributed by atoms with Crippen molar-refractivity contribution in [3.8, 4) is 0 Å². The number of carbonyl (C=O) groups excluding carboxylic acids is 10. The summed E-state index contributed by atoms with van der Waals surface area (Å²) in [6, 6.07) is 56.2. The summed E-state index contributed by atoms with van der Waals surface area (Å²) in [4.78, 5) is 133. The first-order valence-corrected chi connectivity index (χ1v) is 48.5. The molecule has 0 bridgehead atoms. The predicted octanol–water partition coefficient (Wildman–Crippen LogP) is 4.76. The van der Waals surface area contributed by atoms with E-state index in [2.05, 4.69) is 0 Å². The van der Waals surface area contributed by atoms with Crippen LogP contribution in [-0.4, -0.2) is 332 Å². The minimum absolute atomic E-state index is 0.0512. The molecule has 0 saturated carbocycles. The number of carbonyl (C=O) groups is 10. The Hall–Kier alpha value is -10.7. The molecule has 6 aromatic rings. The molecular formula is C107H142O43. The summed E-state index contributed by atoms with van der Waals surface area (Å²) in [5, 5.41) is 110. The van der Waals surface area contributed by atoms with Crippen LogP contribution < -0.4 is 0 Å². The fourth-order valence-corrected chi connectivity index (χ4v) is 14.2. The Bertz CT molecular complexity index is 4610. The fourth-order valence-electron chi connectivity index (χ4n) is 14.2. The van der Waals surface area contributed by atoms with Gasteiger partial charge in [0.1, 0.15) is 118 Å². The Morgan fingerprint density at radius 1 is 0.213 bits per heavy atom. The van der Waals surface area contributed by atoms with E-state index in [0.717, 1.165) is 33.4 Å². The molecule has 0 spiro atoms. The van der Waals surface area contributed by atoms with Gasteiger partial charge in [-0.2, -0.15) is 0 Å². The van der Waals surface area contributed by atoms with Crippen molar-refractivity contribution in [2.75, 3.05) is 211 Å². The lowest BCUT2D eigenvalue weighted by molar-refractivity contribution is -0.246. The quantitative estimate of drug-likeness (QED) is 0.0139. The number of benzene rings is 6. The monoisotopic (exact) mass is 2110 g/mol. The van der Waals surface area contributed by atoms with Crippen molar-refractivity contribution in [1.29, 1.82) is 0 Å². The van der Waals surface area contributed by atoms with E-state index < -0.39 is 300 Å². The molecule has 6 fully saturated rings. The summed E-state index contributed by atoms with van der Waals surface area (Å²) < 4.78 is 121. The molecular weight excluding hydrogens is 1970 g/mol. The molecule has 0 aromatic heterocycles. The largest absolute Gasteiger partial charge is 0.464 e. The maximum atomic E-state index is 14.2. The van der Waals surface area contributed by atoms with Crippen LogP contribution in [0.1, 0.15) is 140 Å². The van der Waals surface area contributed by atoms with E-state index in [1.807, 2.05) is 182 Å². The summed E-state index contributed by atoms with van der Waals surface area (Å²) >= 11 is 0. The van der Waals surface area contributed by atoms with Crippen LogP contribution in [-0.2, 0) is 147 Å². The standard InChI is InChI=1S/C53H60O16.C25H44O16.C24H26O7.C5H12O4/c1-49(25-58-41(59-26-49)37-17-9-5-10-18-37)45(54)66-33-53(34-67-46(55)50(2)27-60-42(61-28-50)38-19-11-6-12-20-38,35-68-47(56)51(3)29-62-43(63-30-51)39-21-13-7-14-22-39)36-69-48(57)52(4)31-64-44(65-32-52)40-23-15-8-16-24-40;1-21(5-26,6-27)17(34)38-13-25(14-39-18(35)22(2,7-28)8-29,15-40-19(36)23(3,9-30)10-31)16-41-20(37)24(4,11-32)12-33;1-23(13-27-19(28-14-23)17-9-5-3-6-10-17)21(25)31-22(26)24(2)15-29-20(30-16-24)18-11-7-4-8-12-18;6-1-5(2-7,3-8)4-9/h5-24,41-44H,25-36H2,1-4H3;26-33H,5-16H2,1-4H3;3-12,19-20H,13-16H2,1-2H3;6-9H,1-4H2. The lowest BCUT2D eigenvalue weighted by Crippen LogP contribution is -2.51. The van der Waals surface area contributed by atoms with Gasteiger partial charge >= 0.3 is 59.7 Å². The van der Waals surface area contributed by atoms with Gasteiger partial charge in [-0.1, -0.05) is 182 Å². The van der Waals surface area contributed by atoms with Crippen molar-refractivity contribution < 1.29 is 209 Å². The molecule has 43 heteroatoms. The molecule has 43 nitrogen and oxygen atoms in total. The first-order valence-electron chi connectivity index (χ1n) is 48.5. The molecule has 828 valence electrons. The zero-order valence-electron chi connectivity index (χ0n) is 85.9. The minimum Gasteiger partial charge on any atom is -0.464 e. The number of aliphatic hydroxyl groups excluding tert-OH is 12. The fraction of sp³-hybridized carbons (Fsp3) is 0.570. The van der Waals surface area contributed by atoms with Crippen molar-refractivity contribution in [2.24, 2.45) is 70.4 Å². The van der Waals surface area contributed by atoms with Crippen LogP contribution in [0.2, 0.25) is 0 Å². The predicted molar refractivity (Wildman–Crippen MR) is 519 cm³/mol. The van der Waals surface area contributed by atoms with Gasteiger partial charge in [0.15, 0.2) is 37.7 Å². The van der Waals surface area contributed by atoms with Crippen LogP contribution >= 0.6 is 0 Å². The van der Waals surface area contributed by atoms with Gasteiger partial charge < -0.3 is 161 Å². The van der Waals surface area contributed by atoms with Gasteiger partial charge in [0.2, 0.25) is 0 Å². The number of ether oxygens (including phenoxy) is 21. The molecule has 6 saturated heterocycles. The average Bonchev–Trinajstić information content (AvgIpc) is 0.790. The zero-order valence-corrected chi connectivity index (χ0v) is 85.9. The van der Waals surface area contributed by atoms with E-state index in [4.69, 9.17) is 120 Å². The lowest BCUT2D eigenvalue weighted by atomic mass is 9.88.